The summed E-state index contributed by atoms with van der Waals surface area (Å²) in [5.41, 5.74) is 1.11. The molecule has 0 aliphatic heterocycles. The van der Waals surface area contributed by atoms with E-state index in [0.29, 0.717) is 18.1 Å². The molecule has 0 saturated heterocycles. The summed E-state index contributed by atoms with van der Waals surface area (Å²) in [7, 11) is 1.78. The van der Waals surface area contributed by atoms with Gasteiger partial charge in [0.15, 0.2) is 0 Å². The first kappa shape index (κ1) is 12.6. The van der Waals surface area contributed by atoms with Crippen LogP contribution in [0.5, 0.6) is 0 Å². The molecule has 3 nitrogen and oxygen atoms in total. The largest absolute Gasteiger partial charge is 0.341 e. The van der Waals surface area contributed by atoms with Gasteiger partial charge in [0.05, 0.1) is 17.6 Å². The summed E-state index contributed by atoms with van der Waals surface area (Å²) in [6.45, 7) is 0.618. The van der Waals surface area contributed by atoms with Crippen molar-refractivity contribution in [1.82, 2.24) is 4.90 Å². The Balaban J connectivity index is 2.38. The lowest BCUT2D eigenvalue weighted by Gasteiger charge is -2.16. The van der Waals surface area contributed by atoms with Crippen LogP contribution in [-0.2, 0) is 11.3 Å². The first-order valence-electron chi connectivity index (χ1n) is 4.96. The molecule has 0 aliphatic carbocycles. The Morgan fingerprint density at radius 3 is 2.75 bits per heavy atom. The second-order valence-electron chi connectivity index (χ2n) is 3.39. The molecule has 4 heteroatoms. The van der Waals surface area contributed by atoms with Gasteiger partial charge < -0.3 is 4.90 Å². The highest BCUT2D eigenvalue weighted by molar-refractivity contribution is 8.00. The molecule has 0 spiro atoms. The van der Waals surface area contributed by atoms with Crippen LogP contribution in [0, 0.1) is 11.3 Å². The molecular formula is C12H14N2OS. The number of carbonyl (C=O) groups excluding carboxylic acids is 1. The maximum absolute atomic E-state index is 11.6. The predicted octanol–water partition coefficient (Wildman–Crippen LogP) is 1.90. The van der Waals surface area contributed by atoms with Crippen molar-refractivity contribution in [1.29, 1.82) is 5.26 Å². The third kappa shape index (κ3) is 4.37. The van der Waals surface area contributed by atoms with Crippen LogP contribution >= 0.6 is 11.8 Å². The molecule has 0 fully saturated rings. The van der Waals surface area contributed by atoms with Crippen LogP contribution in [0.25, 0.3) is 0 Å². The van der Waals surface area contributed by atoms with Gasteiger partial charge in [-0.15, -0.1) is 11.8 Å². The van der Waals surface area contributed by atoms with Crippen molar-refractivity contribution in [2.24, 2.45) is 0 Å². The van der Waals surface area contributed by atoms with E-state index < -0.39 is 0 Å². The Hall–Kier alpha value is -1.47. The van der Waals surface area contributed by atoms with E-state index in [0.717, 1.165) is 5.56 Å². The van der Waals surface area contributed by atoms with Gasteiger partial charge in [0, 0.05) is 13.6 Å². The lowest BCUT2D eigenvalue weighted by molar-refractivity contribution is -0.127. The van der Waals surface area contributed by atoms with Crippen LogP contribution < -0.4 is 0 Å². The van der Waals surface area contributed by atoms with Gasteiger partial charge in [0.2, 0.25) is 5.91 Å². The Kier molecular flexibility index (Phi) is 5.44. The van der Waals surface area contributed by atoms with Gasteiger partial charge in [0.1, 0.15) is 0 Å². The highest BCUT2D eigenvalue weighted by Crippen LogP contribution is 2.05. The molecule has 0 heterocycles. The fraction of sp³-hybridized carbons (Fsp3) is 0.333. The molecule has 0 radical (unpaired) electrons. The second kappa shape index (κ2) is 6.91. The third-order valence-electron chi connectivity index (χ3n) is 2.08. The van der Waals surface area contributed by atoms with Crippen LogP contribution in [0.2, 0.25) is 0 Å². The van der Waals surface area contributed by atoms with Crippen molar-refractivity contribution >= 4 is 17.7 Å². The highest BCUT2D eigenvalue weighted by Gasteiger charge is 2.08. The number of carbonyl (C=O) groups is 1. The minimum atomic E-state index is 0.0594. The van der Waals surface area contributed by atoms with Crippen molar-refractivity contribution in [3.63, 3.8) is 0 Å². The topological polar surface area (TPSA) is 44.1 Å². The van der Waals surface area contributed by atoms with Crippen LogP contribution in [0.3, 0.4) is 0 Å². The molecule has 0 saturated carbocycles. The Morgan fingerprint density at radius 2 is 2.12 bits per heavy atom. The summed E-state index contributed by atoms with van der Waals surface area (Å²) >= 11 is 1.35. The number of hydrogen-bond acceptors (Lipinski definition) is 3. The van der Waals surface area contributed by atoms with Crippen molar-refractivity contribution < 1.29 is 4.79 Å². The zero-order valence-electron chi connectivity index (χ0n) is 9.22. The first-order chi connectivity index (χ1) is 7.74. The molecule has 0 aliphatic rings. The van der Waals surface area contributed by atoms with Gasteiger partial charge in [-0.2, -0.15) is 5.26 Å². The van der Waals surface area contributed by atoms with E-state index in [9.17, 15) is 4.79 Å². The summed E-state index contributed by atoms with van der Waals surface area (Å²) in [5, 5.41) is 8.36. The first-order valence-corrected chi connectivity index (χ1v) is 6.12. The third-order valence-corrected chi connectivity index (χ3v) is 2.86. The molecule has 16 heavy (non-hydrogen) atoms. The van der Waals surface area contributed by atoms with E-state index in [-0.39, 0.29) is 5.91 Å². The summed E-state index contributed by atoms with van der Waals surface area (Å²) in [4.78, 5) is 13.3. The fourth-order valence-electron chi connectivity index (χ4n) is 1.24. The van der Waals surface area contributed by atoms with E-state index >= 15 is 0 Å². The number of benzene rings is 1. The molecule has 0 unspecified atom stereocenters. The van der Waals surface area contributed by atoms with Gasteiger partial charge in [-0.1, -0.05) is 30.3 Å². The number of thioether (sulfide) groups is 1. The van der Waals surface area contributed by atoms with E-state index in [4.69, 9.17) is 5.26 Å². The van der Waals surface area contributed by atoms with E-state index in [1.807, 2.05) is 36.4 Å². The van der Waals surface area contributed by atoms with Gasteiger partial charge in [-0.25, -0.2) is 0 Å². The van der Waals surface area contributed by atoms with Crippen LogP contribution in [0.4, 0.5) is 0 Å². The molecule has 1 rings (SSSR count). The minimum Gasteiger partial charge on any atom is -0.341 e. The summed E-state index contributed by atoms with van der Waals surface area (Å²) < 4.78 is 0. The molecular weight excluding hydrogens is 220 g/mol. The average molecular weight is 234 g/mol. The van der Waals surface area contributed by atoms with Crippen molar-refractivity contribution in [3.05, 3.63) is 35.9 Å². The number of amides is 1. The molecule has 0 N–H and O–H groups in total. The summed E-state index contributed by atoms with van der Waals surface area (Å²) in [5.74, 6) is 0.797. The molecule has 1 aromatic rings. The number of nitriles is 1. The van der Waals surface area contributed by atoms with Gasteiger partial charge in [-0.05, 0) is 5.56 Å². The zero-order valence-corrected chi connectivity index (χ0v) is 10.0. The monoisotopic (exact) mass is 234 g/mol. The molecule has 84 valence electrons. The quantitative estimate of drug-likeness (QED) is 0.731. The van der Waals surface area contributed by atoms with Gasteiger partial charge in [0.25, 0.3) is 0 Å². The van der Waals surface area contributed by atoms with E-state index in [1.165, 1.54) is 11.8 Å². The van der Waals surface area contributed by atoms with Crippen LogP contribution in [-0.4, -0.2) is 29.4 Å². The normalized spacial score (nSPS) is 9.50. The van der Waals surface area contributed by atoms with E-state index in [1.54, 1.807) is 11.9 Å². The van der Waals surface area contributed by atoms with Crippen molar-refractivity contribution in [3.8, 4) is 6.07 Å². The maximum atomic E-state index is 11.6. The zero-order chi connectivity index (χ0) is 11.8. The van der Waals surface area contributed by atoms with Gasteiger partial charge >= 0.3 is 0 Å². The lowest BCUT2D eigenvalue weighted by atomic mass is 10.2. The van der Waals surface area contributed by atoms with E-state index in [2.05, 4.69) is 0 Å². The van der Waals surface area contributed by atoms with Gasteiger partial charge in [-0.3, -0.25) is 4.79 Å². The molecule has 1 aromatic carbocycles. The van der Waals surface area contributed by atoms with Crippen molar-refractivity contribution in [2.75, 3.05) is 18.6 Å². The molecule has 0 atom stereocenters. The average Bonchev–Trinajstić information content (AvgIpc) is 2.30. The highest BCUT2D eigenvalue weighted by atomic mass is 32.2. The van der Waals surface area contributed by atoms with Crippen LogP contribution in [0.15, 0.2) is 30.3 Å². The lowest BCUT2D eigenvalue weighted by Crippen LogP contribution is -2.27. The SMILES string of the molecule is CN(Cc1ccccc1)C(=O)CSCC#N. The predicted molar refractivity (Wildman–Crippen MR) is 65.9 cm³/mol. The van der Waals surface area contributed by atoms with Crippen LogP contribution in [0.1, 0.15) is 5.56 Å². The Morgan fingerprint density at radius 1 is 1.44 bits per heavy atom. The fourth-order valence-corrected chi connectivity index (χ4v) is 1.83. The standard InChI is InChI=1S/C12H14N2OS/c1-14(12(15)10-16-8-7-13)9-11-5-3-2-4-6-11/h2-6H,8-10H2,1H3. The number of hydrogen-bond donors (Lipinski definition) is 0. The molecule has 1 amide bonds. The smallest absolute Gasteiger partial charge is 0.232 e. The van der Waals surface area contributed by atoms with Crippen molar-refractivity contribution in [2.45, 2.75) is 6.54 Å². The Labute approximate surface area is 100 Å². The molecule has 0 aromatic heterocycles. The summed E-state index contributed by atoms with van der Waals surface area (Å²) in [6.07, 6.45) is 0. The second-order valence-corrected chi connectivity index (χ2v) is 4.37. The minimum absolute atomic E-state index is 0.0594. The summed E-state index contributed by atoms with van der Waals surface area (Å²) in [6, 6.07) is 11.9. The number of rotatable bonds is 5. The Bertz CT molecular complexity index is 372. The molecule has 0 bridgehead atoms. The number of nitrogens with zero attached hydrogens (tertiary/aromatic N) is 2. The maximum Gasteiger partial charge on any atom is 0.232 e.